The minimum Gasteiger partial charge on any atom is -0.454 e. The maximum absolute atomic E-state index is 12.9. The molecule has 0 saturated heterocycles. The molecule has 1 aromatic carbocycles. The van der Waals surface area contributed by atoms with Crippen molar-refractivity contribution in [2.24, 2.45) is 0 Å². The van der Waals surface area contributed by atoms with E-state index in [0.717, 1.165) is 62.8 Å². The second-order valence-electron chi connectivity index (χ2n) is 6.67. The molecular formula is C18H25FN2O6S. The van der Waals surface area contributed by atoms with Crippen LogP contribution in [-0.4, -0.2) is 50.7 Å². The van der Waals surface area contributed by atoms with Crippen molar-refractivity contribution in [1.29, 1.82) is 0 Å². The Morgan fingerprint density at radius 2 is 1.75 bits per heavy atom. The molecule has 0 unspecified atom stereocenters. The Morgan fingerprint density at radius 3 is 2.32 bits per heavy atom. The van der Waals surface area contributed by atoms with Crippen LogP contribution in [0.4, 0.5) is 4.39 Å². The monoisotopic (exact) mass is 416 g/mol. The molecule has 28 heavy (non-hydrogen) atoms. The van der Waals surface area contributed by atoms with E-state index < -0.39 is 47.0 Å². The molecular weight excluding hydrogens is 391 g/mol. The summed E-state index contributed by atoms with van der Waals surface area (Å²) in [6.07, 6.45) is 6.07. The van der Waals surface area contributed by atoms with Gasteiger partial charge in [0.2, 0.25) is 10.0 Å². The van der Waals surface area contributed by atoms with Crippen LogP contribution in [0.25, 0.3) is 0 Å². The minimum absolute atomic E-state index is 0.0410. The average molecular weight is 416 g/mol. The number of hydrogen-bond donors (Lipinski definition) is 3. The minimum atomic E-state index is -4.18. The fourth-order valence-electron chi connectivity index (χ4n) is 2.96. The molecule has 0 aromatic heterocycles. The first-order chi connectivity index (χ1) is 13.3. The molecule has 1 aliphatic carbocycles. The van der Waals surface area contributed by atoms with Gasteiger partial charge in [-0.15, -0.1) is 0 Å². The van der Waals surface area contributed by atoms with Gasteiger partial charge < -0.3 is 15.2 Å². The highest BCUT2D eigenvalue weighted by atomic mass is 32.2. The average Bonchev–Trinajstić information content (AvgIpc) is 2.93. The van der Waals surface area contributed by atoms with Crippen LogP contribution >= 0.6 is 0 Å². The van der Waals surface area contributed by atoms with Gasteiger partial charge in [0, 0.05) is 6.04 Å². The molecule has 0 bridgehead atoms. The van der Waals surface area contributed by atoms with Crippen LogP contribution in [0, 0.1) is 5.82 Å². The zero-order chi connectivity index (χ0) is 20.6. The van der Waals surface area contributed by atoms with Crippen molar-refractivity contribution in [3.63, 3.8) is 0 Å². The van der Waals surface area contributed by atoms with Crippen molar-refractivity contribution in [1.82, 2.24) is 10.0 Å². The van der Waals surface area contributed by atoms with E-state index in [1.807, 2.05) is 4.72 Å². The number of nitrogens with one attached hydrogen (secondary N) is 2. The second kappa shape index (κ2) is 10.5. The van der Waals surface area contributed by atoms with Crippen LogP contribution in [0.1, 0.15) is 38.5 Å². The van der Waals surface area contributed by atoms with E-state index in [2.05, 4.69) is 5.32 Å². The first-order valence-corrected chi connectivity index (χ1v) is 10.6. The Bertz CT molecular complexity index is 761. The number of amides is 1. The third kappa shape index (κ3) is 6.84. The largest absolute Gasteiger partial charge is 0.454 e. The van der Waals surface area contributed by atoms with Crippen LogP contribution in [0.5, 0.6) is 0 Å². The Labute approximate surface area is 163 Å². The van der Waals surface area contributed by atoms with Gasteiger partial charge in [-0.25, -0.2) is 12.8 Å². The molecule has 156 valence electrons. The molecule has 1 atom stereocenters. The number of carbonyl (C=O) groups is 2. The molecule has 3 N–H and O–H groups in total. The van der Waals surface area contributed by atoms with Gasteiger partial charge in [-0.05, 0) is 37.1 Å². The molecule has 10 heteroatoms. The molecule has 0 heterocycles. The topological polar surface area (TPSA) is 122 Å². The lowest BCUT2D eigenvalue weighted by Gasteiger charge is -2.18. The number of rotatable bonds is 8. The van der Waals surface area contributed by atoms with Gasteiger partial charge in [-0.3, -0.25) is 9.59 Å². The maximum atomic E-state index is 12.9. The van der Waals surface area contributed by atoms with Gasteiger partial charge in [0.05, 0.1) is 11.5 Å². The number of hydrogen-bond acceptors (Lipinski definition) is 6. The van der Waals surface area contributed by atoms with E-state index in [9.17, 15) is 27.5 Å². The molecule has 1 aliphatic rings. The quantitative estimate of drug-likeness (QED) is 0.427. The third-order valence-corrected chi connectivity index (χ3v) is 5.94. The van der Waals surface area contributed by atoms with Gasteiger partial charge in [-0.1, -0.05) is 25.7 Å². The molecule has 1 fully saturated rings. The smallest absolute Gasteiger partial charge is 0.327 e. The Balaban J connectivity index is 1.86. The van der Waals surface area contributed by atoms with Crippen LogP contribution < -0.4 is 10.0 Å². The summed E-state index contributed by atoms with van der Waals surface area (Å²) in [5, 5.41) is 12.1. The number of esters is 1. The molecule has 0 spiro atoms. The van der Waals surface area contributed by atoms with E-state index >= 15 is 0 Å². The number of carbonyl (C=O) groups excluding carboxylic acids is 2. The standard InChI is InChI=1S/C18H25FN2O6S/c19-13-7-9-15(10-8-13)28(25,26)21-16(11-22)18(24)27-12-17(23)20-14-5-3-1-2-4-6-14/h7-10,14,16,21-22H,1-6,11-12H2,(H,20,23)/t16-/m1/s1. The molecule has 2 rings (SSSR count). The van der Waals surface area contributed by atoms with E-state index in [-0.39, 0.29) is 10.9 Å². The SMILES string of the molecule is O=C(COC(=O)[C@@H](CO)NS(=O)(=O)c1ccc(F)cc1)NC1CCCCCC1. The normalized spacial score (nSPS) is 16.8. The number of sulfonamides is 1. The number of benzene rings is 1. The molecule has 1 saturated carbocycles. The highest BCUT2D eigenvalue weighted by Crippen LogP contribution is 2.17. The summed E-state index contributed by atoms with van der Waals surface area (Å²) in [5.74, 6) is -2.17. The Hall–Kier alpha value is -2.04. The van der Waals surface area contributed by atoms with Crippen molar-refractivity contribution >= 4 is 21.9 Å². The highest BCUT2D eigenvalue weighted by molar-refractivity contribution is 7.89. The number of aliphatic hydroxyl groups excluding tert-OH is 1. The fourth-order valence-corrected chi connectivity index (χ4v) is 4.14. The van der Waals surface area contributed by atoms with E-state index in [1.165, 1.54) is 0 Å². The Morgan fingerprint density at radius 1 is 1.14 bits per heavy atom. The zero-order valence-corrected chi connectivity index (χ0v) is 16.2. The van der Waals surface area contributed by atoms with Gasteiger partial charge >= 0.3 is 5.97 Å². The van der Waals surface area contributed by atoms with Crippen molar-refractivity contribution < 1.29 is 32.2 Å². The predicted molar refractivity (Wildman–Crippen MR) is 98.2 cm³/mol. The lowest BCUT2D eigenvalue weighted by Crippen LogP contribution is -2.45. The first kappa shape index (κ1) is 22.3. The lowest BCUT2D eigenvalue weighted by atomic mass is 10.1. The van der Waals surface area contributed by atoms with Crippen LogP contribution in [0.15, 0.2) is 29.2 Å². The summed E-state index contributed by atoms with van der Waals surface area (Å²) in [6, 6.07) is 2.42. The summed E-state index contributed by atoms with van der Waals surface area (Å²) in [6.45, 7) is -1.42. The van der Waals surface area contributed by atoms with Crippen molar-refractivity contribution in [2.75, 3.05) is 13.2 Å². The van der Waals surface area contributed by atoms with Gasteiger partial charge in [0.1, 0.15) is 11.9 Å². The van der Waals surface area contributed by atoms with E-state index in [0.29, 0.717) is 0 Å². The summed E-state index contributed by atoms with van der Waals surface area (Å²) in [7, 11) is -4.18. The van der Waals surface area contributed by atoms with Crippen LogP contribution in [0.3, 0.4) is 0 Å². The third-order valence-electron chi connectivity index (χ3n) is 4.45. The lowest BCUT2D eigenvalue weighted by molar-refractivity contribution is -0.151. The predicted octanol–water partition coefficient (Wildman–Crippen LogP) is 0.847. The summed E-state index contributed by atoms with van der Waals surface area (Å²) >= 11 is 0. The van der Waals surface area contributed by atoms with E-state index in [4.69, 9.17) is 4.74 Å². The highest BCUT2D eigenvalue weighted by Gasteiger charge is 2.27. The van der Waals surface area contributed by atoms with Crippen molar-refractivity contribution in [3.8, 4) is 0 Å². The van der Waals surface area contributed by atoms with Crippen molar-refractivity contribution in [3.05, 3.63) is 30.1 Å². The van der Waals surface area contributed by atoms with Gasteiger partial charge in [0.15, 0.2) is 6.61 Å². The first-order valence-electron chi connectivity index (χ1n) is 9.16. The van der Waals surface area contributed by atoms with Crippen LogP contribution in [0.2, 0.25) is 0 Å². The zero-order valence-electron chi connectivity index (χ0n) is 15.4. The molecule has 1 amide bonds. The molecule has 1 aromatic rings. The fraction of sp³-hybridized carbons (Fsp3) is 0.556. The van der Waals surface area contributed by atoms with Gasteiger partial charge in [0.25, 0.3) is 5.91 Å². The molecule has 0 aliphatic heterocycles. The molecule has 8 nitrogen and oxygen atoms in total. The Kier molecular flexibility index (Phi) is 8.34. The maximum Gasteiger partial charge on any atom is 0.327 e. The van der Waals surface area contributed by atoms with Crippen LogP contribution in [-0.2, 0) is 24.3 Å². The second-order valence-corrected chi connectivity index (χ2v) is 8.39. The number of halogens is 1. The van der Waals surface area contributed by atoms with Gasteiger partial charge in [-0.2, -0.15) is 4.72 Å². The number of aliphatic hydroxyl groups is 1. The summed E-state index contributed by atoms with van der Waals surface area (Å²) in [4.78, 5) is 23.7. The number of ether oxygens (including phenoxy) is 1. The summed E-state index contributed by atoms with van der Waals surface area (Å²) in [5.41, 5.74) is 0. The van der Waals surface area contributed by atoms with Crippen molar-refractivity contribution in [2.45, 2.75) is 55.5 Å². The summed E-state index contributed by atoms with van der Waals surface area (Å²) < 4.78 is 44.2. The van der Waals surface area contributed by atoms with E-state index in [1.54, 1.807) is 0 Å². The molecule has 0 radical (unpaired) electrons.